The summed E-state index contributed by atoms with van der Waals surface area (Å²) in [6, 6.07) is 2.80. The molecule has 8 heteroatoms. The van der Waals surface area contributed by atoms with Gasteiger partial charge < -0.3 is 14.8 Å². The van der Waals surface area contributed by atoms with Crippen molar-refractivity contribution in [3.8, 4) is 0 Å². The minimum absolute atomic E-state index is 0.0255. The Kier molecular flexibility index (Phi) is 5.81. The van der Waals surface area contributed by atoms with Crippen LogP contribution < -0.4 is 5.32 Å². The van der Waals surface area contributed by atoms with E-state index in [4.69, 9.17) is 9.52 Å². The molecule has 0 aliphatic heterocycles. The maximum atomic E-state index is 12.0. The van der Waals surface area contributed by atoms with E-state index in [0.29, 0.717) is 11.8 Å². The molecule has 1 atom stereocenters. The van der Waals surface area contributed by atoms with Crippen LogP contribution in [0, 0.1) is 5.92 Å². The molecule has 0 spiro atoms. The molecule has 1 aromatic heterocycles. The number of alkyl halides is 2. The molecule has 106 valence electrons. The molecule has 0 saturated heterocycles. The van der Waals surface area contributed by atoms with Crippen molar-refractivity contribution >= 4 is 23.6 Å². The Morgan fingerprint density at radius 1 is 1.47 bits per heavy atom. The van der Waals surface area contributed by atoms with Crippen LogP contribution in [0.3, 0.4) is 0 Å². The monoisotopic (exact) mass is 293 g/mol. The van der Waals surface area contributed by atoms with Crippen molar-refractivity contribution in [2.45, 2.75) is 18.4 Å². The highest BCUT2D eigenvalue weighted by Crippen LogP contribution is 2.21. The first-order chi connectivity index (χ1) is 8.90. The molecule has 0 aliphatic rings. The first-order valence-corrected chi connectivity index (χ1v) is 6.44. The van der Waals surface area contributed by atoms with Gasteiger partial charge >= 0.3 is 5.97 Å². The van der Waals surface area contributed by atoms with Gasteiger partial charge in [-0.25, -0.2) is 0 Å². The number of carbonyl (C=O) groups excluding carboxylic acids is 1. The number of hydrogen-bond donors (Lipinski definition) is 2. The number of nitrogens with one attached hydrogen (secondary N) is 1. The van der Waals surface area contributed by atoms with Crippen molar-refractivity contribution in [2.75, 3.05) is 6.54 Å². The van der Waals surface area contributed by atoms with E-state index in [1.807, 2.05) is 0 Å². The van der Waals surface area contributed by atoms with Crippen LogP contribution in [-0.4, -0.2) is 29.3 Å². The third-order valence-electron chi connectivity index (χ3n) is 2.23. The number of furan rings is 1. The summed E-state index contributed by atoms with van der Waals surface area (Å²) >= 11 is 0.395. The van der Waals surface area contributed by atoms with Crippen LogP contribution in [0.5, 0.6) is 0 Å². The van der Waals surface area contributed by atoms with Gasteiger partial charge in [0, 0.05) is 6.54 Å². The maximum absolute atomic E-state index is 12.0. The highest BCUT2D eigenvalue weighted by Gasteiger charge is 2.16. The molecular weight excluding hydrogens is 280 g/mol. The standard InChI is InChI=1S/C11H13F2NO4S/c1-6(10(16)17)4-14-9(15)8-3-2-7(18-8)5-19-11(12)13/h2-3,6,11H,4-5H2,1H3,(H,14,15)(H,16,17). The van der Waals surface area contributed by atoms with Crippen molar-refractivity contribution in [1.29, 1.82) is 0 Å². The average molecular weight is 293 g/mol. The third-order valence-corrected chi connectivity index (χ3v) is 2.93. The van der Waals surface area contributed by atoms with Crippen LogP contribution in [0.15, 0.2) is 16.5 Å². The normalized spacial score (nSPS) is 12.4. The van der Waals surface area contributed by atoms with E-state index in [0.717, 1.165) is 0 Å². The number of hydrogen-bond acceptors (Lipinski definition) is 4. The molecule has 0 saturated carbocycles. The summed E-state index contributed by atoms with van der Waals surface area (Å²) < 4.78 is 29.0. The van der Waals surface area contributed by atoms with Gasteiger partial charge in [-0.3, -0.25) is 9.59 Å². The van der Waals surface area contributed by atoms with E-state index >= 15 is 0 Å². The van der Waals surface area contributed by atoms with Crippen molar-refractivity contribution in [1.82, 2.24) is 5.32 Å². The van der Waals surface area contributed by atoms with Gasteiger partial charge in [-0.2, -0.15) is 8.78 Å². The van der Waals surface area contributed by atoms with E-state index in [2.05, 4.69) is 5.32 Å². The largest absolute Gasteiger partial charge is 0.481 e. The van der Waals surface area contributed by atoms with E-state index in [1.54, 1.807) is 0 Å². The van der Waals surface area contributed by atoms with E-state index in [1.165, 1.54) is 19.1 Å². The van der Waals surface area contributed by atoms with Gasteiger partial charge in [0.25, 0.3) is 11.7 Å². The summed E-state index contributed by atoms with van der Waals surface area (Å²) in [5, 5.41) is 11.0. The van der Waals surface area contributed by atoms with Crippen molar-refractivity contribution in [2.24, 2.45) is 5.92 Å². The molecule has 1 aromatic rings. The van der Waals surface area contributed by atoms with Gasteiger partial charge in [0.1, 0.15) is 5.76 Å². The van der Waals surface area contributed by atoms with Crippen LogP contribution in [0.4, 0.5) is 8.78 Å². The Morgan fingerprint density at radius 2 is 2.16 bits per heavy atom. The second kappa shape index (κ2) is 7.13. The zero-order valence-electron chi connectivity index (χ0n) is 10.1. The summed E-state index contributed by atoms with van der Waals surface area (Å²) in [5.41, 5.74) is 0. The van der Waals surface area contributed by atoms with Crippen molar-refractivity contribution in [3.05, 3.63) is 23.7 Å². The Labute approximate surface area is 112 Å². The van der Waals surface area contributed by atoms with E-state index in [-0.39, 0.29) is 23.8 Å². The molecule has 0 radical (unpaired) electrons. The lowest BCUT2D eigenvalue weighted by Gasteiger charge is -2.06. The van der Waals surface area contributed by atoms with Gasteiger partial charge in [-0.05, 0) is 12.1 Å². The highest BCUT2D eigenvalue weighted by atomic mass is 32.2. The Bertz CT molecular complexity index is 450. The van der Waals surface area contributed by atoms with Crippen LogP contribution in [0.1, 0.15) is 23.2 Å². The minimum atomic E-state index is -2.50. The summed E-state index contributed by atoms with van der Waals surface area (Å²) in [6.45, 7) is 1.42. The fraction of sp³-hybridized carbons (Fsp3) is 0.455. The Morgan fingerprint density at radius 3 is 2.74 bits per heavy atom. The zero-order valence-corrected chi connectivity index (χ0v) is 10.9. The third kappa shape index (κ3) is 5.29. The Balaban J connectivity index is 2.47. The molecule has 0 aromatic carbocycles. The second-order valence-electron chi connectivity index (χ2n) is 3.79. The fourth-order valence-electron chi connectivity index (χ4n) is 1.14. The van der Waals surface area contributed by atoms with Gasteiger partial charge in [0.2, 0.25) is 0 Å². The number of carboxylic acids is 1. The van der Waals surface area contributed by atoms with Crippen LogP contribution in [-0.2, 0) is 10.5 Å². The number of thioether (sulfide) groups is 1. The van der Waals surface area contributed by atoms with E-state index in [9.17, 15) is 18.4 Å². The molecule has 1 rings (SSSR count). The van der Waals surface area contributed by atoms with Gasteiger partial charge in [-0.1, -0.05) is 18.7 Å². The van der Waals surface area contributed by atoms with Crippen molar-refractivity contribution < 1.29 is 27.9 Å². The molecule has 5 nitrogen and oxygen atoms in total. The van der Waals surface area contributed by atoms with Crippen molar-refractivity contribution in [3.63, 3.8) is 0 Å². The molecule has 0 bridgehead atoms. The van der Waals surface area contributed by atoms with Gasteiger partial charge in [-0.15, -0.1) is 0 Å². The number of rotatable bonds is 7. The van der Waals surface area contributed by atoms with Crippen LogP contribution in [0.25, 0.3) is 0 Å². The highest BCUT2D eigenvalue weighted by molar-refractivity contribution is 7.98. The molecule has 1 amide bonds. The average Bonchev–Trinajstić information content (AvgIpc) is 2.81. The lowest BCUT2D eigenvalue weighted by atomic mass is 10.2. The maximum Gasteiger partial charge on any atom is 0.308 e. The lowest BCUT2D eigenvalue weighted by molar-refractivity contribution is -0.140. The topological polar surface area (TPSA) is 79.5 Å². The van der Waals surface area contributed by atoms with Gasteiger partial charge in [0.15, 0.2) is 5.76 Å². The Hall–Kier alpha value is -1.57. The number of carboxylic acid groups (broad SMARTS) is 1. The molecule has 1 heterocycles. The zero-order chi connectivity index (χ0) is 14.4. The summed E-state index contributed by atoms with van der Waals surface area (Å²) in [6.07, 6.45) is 0. The number of amides is 1. The number of aliphatic carboxylic acids is 1. The predicted molar refractivity (Wildman–Crippen MR) is 65.1 cm³/mol. The molecule has 2 N–H and O–H groups in total. The van der Waals surface area contributed by atoms with Crippen LogP contribution >= 0.6 is 11.8 Å². The summed E-state index contributed by atoms with van der Waals surface area (Å²) in [7, 11) is 0. The molecular formula is C11H13F2NO4S. The fourth-order valence-corrected chi connectivity index (χ4v) is 1.59. The molecule has 1 unspecified atom stereocenters. The predicted octanol–water partition coefficient (Wildman–Crippen LogP) is 2.19. The molecule has 0 aliphatic carbocycles. The SMILES string of the molecule is CC(CNC(=O)c1ccc(CSC(F)F)o1)C(=O)O. The summed E-state index contributed by atoms with van der Waals surface area (Å²) in [4.78, 5) is 22.1. The van der Waals surface area contributed by atoms with Gasteiger partial charge in [0.05, 0.1) is 11.7 Å². The minimum Gasteiger partial charge on any atom is -0.481 e. The molecule has 19 heavy (non-hydrogen) atoms. The first kappa shape index (κ1) is 15.5. The smallest absolute Gasteiger partial charge is 0.308 e. The quantitative estimate of drug-likeness (QED) is 0.805. The number of halogens is 2. The lowest BCUT2D eigenvalue weighted by Crippen LogP contribution is -2.31. The number of carbonyl (C=O) groups is 2. The van der Waals surface area contributed by atoms with Crippen LogP contribution in [0.2, 0.25) is 0 Å². The summed E-state index contributed by atoms with van der Waals surface area (Å²) in [5.74, 6) is -4.60. The molecule has 0 fully saturated rings. The first-order valence-electron chi connectivity index (χ1n) is 5.39. The van der Waals surface area contributed by atoms with E-state index < -0.39 is 23.6 Å². The second-order valence-corrected chi connectivity index (χ2v) is 4.77.